The van der Waals surface area contributed by atoms with Crippen LogP contribution in [0.2, 0.25) is 0 Å². The van der Waals surface area contributed by atoms with Gasteiger partial charge in [-0.3, -0.25) is 4.57 Å². The molecule has 2 unspecified atom stereocenters. The standard InChI is InChI=1S/C88H62N8O3/c1-4-97-55(3)65(49-48-64-54(2)95(74-37-18-14-32-67(64)74)76-39-20-16-35-72(76)87-91-83(56-24-8-5-9-25-56)89-84(92-87)57-26-10-6-11-27-57)62-44-47-73-81(53-62)99-79-41-23-36-66(82(73)79)61-30-22-31-63(50-61)86-90-85(58-28-12-7-13-29-58)93-88(94-86)96-75-38-19-15-33-68(75)69-45-42-59(51-77(69)96)60-43-46-71-70-34-17-21-40-78(70)98-80(71)52-60/h5-53,55,65H,4H2,1-3H3/b49-48-. The van der Waals surface area contributed by atoms with Crippen molar-refractivity contribution in [2.45, 2.75) is 32.8 Å². The molecule has 0 aliphatic carbocycles. The molecule has 0 aliphatic rings. The number of hydrogen-bond donors (Lipinski definition) is 0. The van der Waals surface area contributed by atoms with Crippen molar-refractivity contribution in [2.24, 2.45) is 0 Å². The van der Waals surface area contributed by atoms with Gasteiger partial charge in [0.05, 0.1) is 28.3 Å². The summed E-state index contributed by atoms with van der Waals surface area (Å²) in [4.78, 5) is 31.4. The molecule has 18 aromatic rings. The van der Waals surface area contributed by atoms with Gasteiger partial charge in [0.1, 0.15) is 22.3 Å². The molecule has 0 bridgehead atoms. The molecule has 0 radical (unpaired) electrons. The van der Waals surface area contributed by atoms with Crippen molar-refractivity contribution in [2.75, 3.05) is 6.61 Å². The van der Waals surface area contributed by atoms with Crippen molar-refractivity contribution in [1.29, 1.82) is 0 Å². The monoisotopic (exact) mass is 1280 g/mol. The number of fused-ring (bicyclic) bond motifs is 10. The molecule has 0 aliphatic heterocycles. The molecule has 0 fully saturated rings. The van der Waals surface area contributed by atoms with Gasteiger partial charge in [-0.2, -0.15) is 9.97 Å². The van der Waals surface area contributed by atoms with Crippen LogP contribution in [-0.2, 0) is 4.74 Å². The highest BCUT2D eigenvalue weighted by atomic mass is 16.5. The van der Waals surface area contributed by atoms with Gasteiger partial charge < -0.3 is 18.1 Å². The molecule has 0 amide bonds. The summed E-state index contributed by atoms with van der Waals surface area (Å²) in [6.45, 7) is 6.97. The van der Waals surface area contributed by atoms with Crippen LogP contribution in [-0.4, -0.2) is 51.7 Å². The minimum atomic E-state index is -0.169. The van der Waals surface area contributed by atoms with E-state index in [0.717, 1.165) is 149 Å². The molecular formula is C88H62N8O3. The molecular weight excluding hydrogens is 1220 g/mol. The van der Waals surface area contributed by atoms with Crippen LogP contribution in [0.15, 0.2) is 300 Å². The summed E-state index contributed by atoms with van der Waals surface area (Å²) in [7, 11) is 0. The Morgan fingerprint density at radius 3 is 1.61 bits per heavy atom. The fourth-order valence-electron chi connectivity index (χ4n) is 14.5. The van der Waals surface area contributed by atoms with Gasteiger partial charge in [-0.25, -0.2) is 19.9 Å². The summed E-state index contributed by atoms with van der Waals surface area (Å²) in [5.74, 6) is 3.31. The second-order valence-electron chi connectivity index (χ2n) is 25.1. The van der Waals surface area contributed by atoms with Crippen molar-refractivity contribution in [3.05, 3.63) is 308 Å². The fraction of sp³-hybridized carbons (Fsp3) is 0.0682. The molecule has 0 saturated carbocycles. The molecule has 6 aromatic heterocycles. The van der Waals surface area contributed by atoms with Gasteiger partial charge >= 0.3 is 0 Å². The van der Waals surface area contributed by atoms with Crippen LogP contribution in [0.4, 0.5) is 0 Å². The van der Waals surface area contributed by atoms with E-state index in [1.165, 1.54) is 0 Å². The van der Waals surface area contributed by atoms with E-state index < -0.39 is 0 Å². The zero-order valence-electron chi connectivity index (χ0n) is 54.5. The summed E-state index contributed by atoms with van der Waals surface area (Å²) >= 11 is 0. The summed E-state index contributed by atoms with van der Waals surface area (Å²) < 4.78 is 24.3. The van der Waals surface area contributed by atoms with E-state index in [0.29, 0.717) is 41.7 Å². The summed E-state index contributed by atoms with van der Waals surface area (Å²) in [5.41, 5.74) is 19.2. The quantitative estimate of drug-likeness (QED) is 0.0987. The number of benzene rings is 12. The Labute approximate surface area is 570 Å². The Bertz CT molecular complexity index is 6130. The van der Waals surface area contributed by atoms with Crippen LogP contribution in [0.5, 0.6) is 0 Å². The van der Waals surface area contributed by atoms with Gasteiger partial charge in [0.25, 0.3) is 0 Å². The second kappa shape index (κ2) is 24.5. The summed E-state index contributed by atoms with van der Waals surface area (Å²) in [6, 6.07) is 98.6. The first-order valence-electron chi connectivity index (χ1n) is 33.5. The molecule has 0 N–H and O–H groups in total. The van der Waals surface area contributed by atoms with Crippen LogP contribution in [0, 0.1) is 6.92 Å². The largest absolute Gasteiger partial charge is 0.456 e. The molecule has 0 spiro atoms. The first-order valence-corrected chi connectivity index (χ1v) is 33.5. The predicted molar refractivity (Wildman–Crippen MR) is 401 cm³/mol. The van der Waals surface area contributed by atoms with E-state index >= 15 is 0 Å². The van der Waals surface area contributed by atoms with Crippen molar-refractivity contribution < 1.29 is 13.6 Å². The highest BCUT2D eigenvalue weighted by Gasteiger charge is 2.25. The highest BCUT2D eigenvalue weighted by Crippen LogP contribution is 2.43. The lowest BCUT2D eigenvalue weighted by molar-refractivity contribution is 0.0666. The van der Waals surface area contributed by atoms with E-state index in [9.17, 15) is 0 Å². The molecule has 2 atom stereocenters. The number of para-hydroxylation sites is 4. The van der Waals surface area contributed by atoms with E-state index in [4.69, 9.17) is 43.5 Å². The number of ether oxygens (including phenoxy) is 1. The first kappa shape index (κ1) is 58.8. The third-order valence-corrected chi connectivity index (χ3v) is 19.2. The van der Waals surface area contributed by atoms with Gasteiger partial charge in [-0.15, -0.1) is 0 Å². The zero-order chi connectivity index (χ0) is 66.1. The fourth-order valence-corrected chi connectivity index (χ4v) is 14.5. The van der Waals surface area contributed by atoms with Gasteiger partial charge in [0.2, 0.25) is 5.95 Å². The Kier molecular flexibility index (Phi) is 14.6. The molecule has 11 heteroatoms. The van der Waals surface area contributed by atoms with Crippen LogP contribution in [0.25, 0.3) is 173 Å². The Morgan fingerprint density at radius 2 is 0.879 bits per heavy atom. The lowest BCUT2D eigenvalue weighted by atomic mass is 9.91. The molecule has 99 heavy (non-hydrogen) atoms. The van der Waals surface area contributed by atoms with Gasteiger partial charge in [0.15, 0.2) is 29.1 Å². The number of aromatic nitrogens is 8. The summed E-state index contributed by atoms with van der Waals surface area (Å²) in [6.07, 6.45) is 4.41. The maximum absolute atomic E-state index is 6.90. The number of furan rings is 2. The minimum absolute atomic E-state index is 0.139. The van der Waals surface area contributed by atoms with Crippen LogP contribution in [0.1, 0.15) is 36.6 Å². The minimum Gasteiger partial charge on any atom is -0.456 e. The third kappa shape index (κ3) is 10.4. The van der Waals surface area contributed by atoms with Crippen LogP contribution >= 0.6 is 0 Å². The smallest absolute Gasteiger partial charge is 0.238 e. The van der Waals surface area contributed by atoms with Crippen molar-refractivity contribution in [1.82, 2.24) is 39.0 Å². The average Bonchev–Trinajstić information content (AvgIpc) is 1.62. The predicted octanol–water partition coefficient (Wildman–Crippen LogP) is 22.1. The Hall–Kier alpha value is -12.7. The number of hydrogen-bond acceptors (Lipinski definition) is 9. The second-order valence-corrected chi connectivity index (χ2v) is 25.1. The lowest BCUT2D eigenvalue weighted by Gasteiger charge is -2.21. The van der Waals surface area contributed by atoms with Gasteiger partial charge in [-0.05, 0) is 115 Å². The summed E-state index contributed by atoms with van der Waals surface area (Å²) in [5, 5.41) is 7.55. The third-order valence-electron chi connectivity index (χ3n) is 19.2. The van der Waals surface area contributed by atoms with Crippen molar-refractivity contribution in [3.63, 3.8) is 0 Å². The maximum atomic E-state index is 6.90. The normalized spacial score (nSPS) is 12.6. The van der Waals surface area contributed by atoms with Gasteiger partial charge in [-0.1, -0.05) is 231 Å². The average molecular weight is 1280 g/mol. The molecule has 472 valence electrons. The molecule has 12 aromatic carbocycles. The first-order chi connectivity index (χ1) is 48.8. The number of nitrogens with zero attached hydrogens (tertiary/aromatic N) is 8. The van der Waals surface area contributed by atoms with Crippen LogP contribution < -0.4 is 0 Å². The SMILES string of the molecule is CCOC(C)C(/C=C\c1c(C)n(-c2ccccc2-c2nc(-c3ccccc3)nc(-c3ccccc3)n2)c2ccccc12)c1ccc2c(c1)oc1cccc(-c3cccc(-c4nc(-c5ccccc5)nc(-n5c6ccccc6c6ccc(-c7ccc8c(c7)oc7ccccc78)cc65)n4)c3)c12. The van der Waals surface area contributed by atoms with Crippen molar-refractivity contribution >= 4 is 82.7 Å². The van der Waals surface area contributed by atoms with E-state index in [1.807, 2.05) is 91.0 Å². The Morgan fingerprint density at radius 1 is 0.374 bits per heavy atom. The van der Waals surface area contributed by atoms with Gasteiger partial charge in [0, 0.05) is 89.3 Å². The Balaban J connectivity index is 0.707. The highest BCUT2D eigenvalue weighted by molar-refractivity contribution is 6.13. The van der Waals surface area contributed by atoms with E-state index in [2.05, 4.69) is 236 Å². The number of rotatable bonds is 15. The van der Waals surface area contributed by atoms with Crippen molar-refractivity contribution in [3.8, 4) is 90.8 Å². The lowest BCUT2D eigenvalue weighted by Crippen LogP contribution is -2.17. The molecule has 6 heterocycles. The van der Waals surface area contributed by atoms with E-state index in [1.54, 1.807) is 0 Å². The molecule has 0 saturated heterocycles. The molecule has 11 nitrogen and oxygen atoms in total. The topological polar surface area (TPSA) is 123 Å². The van der Waals surface area contributed by atoms with Crippen LogP contribution in [0.3, 0.4) is 0 Å². The van der Waals surface area contributed by atoms with E-state index in [-0.39, 0.29) is 12.0 Å². The molecule has 18 rings (SSSR count). The zero-order valence-corrected chi connectivity index (χ0v) is 54.5. The maximum Gasteiger partial charge on any atom is 0.238 e.